The molecule has 1 atom stereocenters. The van der Waals surface area contributed by atoms with Gasteiger partial charge in [0.1, 0.15) is 5.82 Å². The number of carbonyl (C=O) groups excluding carboxylic acids is 2. The maximum absolute atomic E-state index is 13.7. The molecule has 2 amide bonds. The van der Waals surface area contributed by atoms with Crippen molar-refractivity contribution in [2.45, 2.75) is 38.0 Å². The van der Waals surface area contributed by atoms with E-state index >= 15 is 0 Å². The molecule has 1 unspecified atom stereocenters. The van der Waals surface area contributed by atoms with Crippen molar-refractivity contribution in [2.75, 3.05) is 18.4 Å². The first-order valence-corrected chi connectivity index (χ1v) is 9.86. The van der Waals surface area contributed by atoms with Crippen LogP contribution in [0.5, 0.6) is 0 Å². The number of alkyl halides is 3. The third-order valence-corrected chi connectivity index (χ3v) is 5.05. The van der Waals surface area contributed by atoms with Crippen molar-refractivity contribution in [3.05, 3.63) is 65.0 Å². The maximum Gasteiger partial charge on any atom is 0.416 e. The molecule has 5 nitrogen and oxygen atoms in total. The molecule has 2 N–H and O–H groups in total. The number of piperidine rings is 1. The second kappa shape index (κ2) is 9.47. The summed E-state index contributed by atoms with van der Waals surface area (Å²) in [7, 11) is 0. The van der Waals surface area contributed by atoms with Crippen molar-refractivity contribution < 1.29 is 32.3 Å². The van der Waals surface area contributed by atoms with Gasteiger partial charge < -0.3 is 15.3 Å². The number of aliphatic hydroxyl groups is 1. The smallest absolute Gasteiger partial charge is 0.391 e. The lowest BCUT2D eigenvalue weighted by molar-refractivity contribution is -0.137. The molecule has 0 bridgehead atoms. The lowest BCUT2D eigenvalue weighted by Gasteiger charge is -2.30. The van der Waals surface area contributed by atoms with Crippen molar-refractivity contribution in [2.24, 2.45) is 0 Å². The van der Waals surface area contributed by atoms with Gasteiger partial charge in [0.05, 0.1) is 11.7 Å². The summed E-state index contributed by atoms with van der Waals surface area (Å²) in [5.74, 6) is -1.72. The Bertz CT molecular complexity index is 962. The zero-order valence-corrected chi connectivity index (χ0v) is 16.6. The minimum absolute atomic E-state index is 0.0411. The van der Waals surface area contributed by atoms with Gasteiger partial charge in [-0.3, -0.25) is 9.59 Å². The fraction of sp³-hybridized carbons (Fsp3) is 0.364. The van der Waals surface area contributed by atoms with E-state index < -0.39 is 35.5 Å². The van der Waals surface area contributed by atoms with Crippen LogP contribution in [0.15, 0.2) is 42.5 Å². The van der Waals surface area contributed by atoms with Crippen molar-refractivity contribution in [3.8, 4) is 0 Å². The van der Waals surface area contributed by atoms with Crippen LogP contribution in [0.1, 0.15) is 40.7 Å². The predicted molar refractivity (Wildman–Crippen MR) is 106 cm³/mol. The summed E-state index contributed by atoms with van der Waals surface area (Å²) >= 11 is 0. The zero-order valence-electron chi connectivity index (χ0n) is 16.6. The minimum atomic E-state index is -4.72. The first-order chi connectivity index (χ1) is 14.6. The highest BCUT2D eigenvalue weighted by Gasteiger charge is 2.33. The summed E-state index contributed by atoms with van der Waals surface area (Å²) in [5, 5.41) is 12.1. The van der Waals surface area contributed by atoms with Gasteiger partial charge in [-0.15, -0.1) is 0 Å². The molecule has 0 saturated carbocycles. The zero-order chi connectivity index (χ0) is 22.6. The molecule has 1 heterocycles. The molecule has 1 saturated heterocycles. The number of halogens is 4. The van der Waals surface area contributed by atoms with Crippen LogP contribution >= 0.6 is 0 Å². The summed E-state index contributed by atoms with van der Waals surface area (Å²) in [6.45, 7) is 0.371. The van der Waals surface area contributed by atoms with E-state index in [0.717, 1.165) is 12.1 Å². The van der Waals surface area contributed by atoms with E-state index in [2.05, 4.69) is 5.32 Å². The topological polar surface area (TPSA) is 69.6 Å². The van der Waals surface area contributed by atoms with Gasteiger partial charge in [0, 0.05) is 30.8 Å². The Labute approximate surface area is 176 Å². The molecule has 166 valence electrons. The molecule has 1 aliphatic heterocycles. The Balaban J connectivity index is 1.77. The standard InChI is InChI=1S/C22H22F4N2O3/c23-19-6-2-1-4-14(19)7-8-20(30)27-17-11-15(10-16(12-17)22(24,25)26)21(31)28-9-3-5-18(29)13-28/h1-2,4,6,10-12,18,29H,3,5,7-9,13H2,(H,27,30). The molecule has 0 aromatic heterocycles. The lowest BCUT2D eigenvalue weighted by Crippen LogP contribution is -2.42. The highest BCUT2D eigenvalue weighted by molar-refractivity contribution is 5.97. The molecule has 3 rings (SSSR count). The molecular weight excluding hydrogens is 416 g/mol. The third kappa shape index (κ3) is 6.04. The van der Waals surface area contributed by atoms with Gasteiger partial charge in [-0.05, 0) is 49.1 Å². The number of aliphatic hydroxyl groups excluding tert-OH is 1. The molecule has 0 spiro atoms. The van der Waals surface area contributed by atoms with E-state index in [4.69, 9.17) is 0 Å². The van der Waals surface area contributed by atoms with Crippen LogP contribution < -0.4 is 5.32 Å². The normalized spacial score (nSPS) is 16.8. The number of nitrogens with one attached hydrogen (secondary N) is 1. The Morgan fingerprint density at radius 2 is 1.90 bits per heavy atom. The highest BCUT2D eigenvalue weighted by atomic mass is 19.4. The molecule has 0 aliphatic carbocycles. The third-order valence-electron chi connectivity index (χ3n) is 5.05. The summed E-state index contributed by atoms with van der Waals surface area (Å²) in [6.07, 6.45) is -4.43. The first-order valence-electron chi connectivity index (χ1n) is 9.86. The molecule has 31 heavy (non-hydrogen) atoms. The largest absolute Gasteiger partial charge is 0.416 e. The fourth-order valence-electron chi connectivity index (χ4n) is 3.48. The van der Waals surface area contributed by atoms with Crippen LogP contribution in [0.2, 0.25) is 0 Å². The van der Waals surface area contributed by atoms with Gasteiger partial charge in [-0.25, -0.2) is 4.39 Å². The number of aryl methyl sites for hydroxylation is 1. The predicted octanol–water partition coefficient (Wildman–Crippen LogP) is 4.01. The maximum atomic E-state index is 13.7. The fourth-order valence-corrected chi connectivity index (χ4v) is 3.48. The Morgan fingerprint density at radius 3 is 2.58 bits per heavy atom. The number of amides is 2. The number of rotatable bonds is 5. The quantitative estimate of drug-likeness (QED) is 0.693. The SMILES string of the molecule is O=C(CCc1ccccc1F)Nc1cc(C(=O)N2CCCC(O)C2)cc(C(F)(F)F)c1. The number of likely N-dealkylation sites (tertiary alicyclic amines) is 1. The average molecular weight is 438 g/mol. The van der Waals surface area contributed by atoms with Gasteiger partial charge in [-0.1, -0.05) is 18.2 Å². The molecular formula is C22H22F4N2O3. The van der Waals surface area contributed by atoms with Crippen molar-refractivity contribution >= 4 is 17.5 Å². The number of carbonyl (C=O) groups is 2. The highest BCUT2D eigenvalue weighted by Crippen LogP contribution is 2.32. The monoisotopic (exact) mass is 438 g/mol. The van der Waals surface area contributed by atoms with Gasteiger partial charge in [0.25, 0.3) is 5.91 Å². The first kappa shape index (κ1) is 22.7. The van der Waals surface area contributed by atoms with Gasteiger partial charge in [0.2, 0.25) is 5.91 Å². The molecule has 0 radical (unpaired) electrons. The van der Waals surface area contributed by atoms with Crippen LogP contribution in [0, 0.1) is 5.82 Å². The van der Waals surface area contributed by atoms with E-state index in [-0.39, 0.29) is 30.6 Å². The molecule has 2 aromatic carbocycles. The Hall–Kier alpha value is -2.94. The van der Waals surface area contributed by atoms with Crippen LogP contribution in [0.25, 0.3) is 0 Å². The average Bonchev–Trinajstić information content (AvgIpc) is 2.72. The second-order valence-electron chi connectivity index (χ2n) is 7.48. The van der Waals surface area contributed by atoms with E-state index in [1.54, 1.807) is 6.07 Å². The molecule has 1 aliphatic rings. The number of hydrogen-bond donors (Lipinski definition) is 2. The molecule has 2 aromatic rings. The number of benzene rings is 2. The number of hydrogen-bond acceptors (Lipinski definition) is 3. The lowest BCUT2D eigenvalue weighted by atomic mass is 10.0. The minimum Gasteiger partial charge on any atom is -0.391 e. The number of anilines is 1. The molecule has 1 fully saturated rings. The van der Waals surface area contributed by atoms with E-state index in [1.165, 1.54) is 29.2 Å². The van der Waals surface area contributed by atoms with Crippen LogP contribution in [0.4, 0.5) is 23.2 Å². The van der Waals surface area contributed by atoms with E-state index in [1.807, 2.05) is 0 Å². The van der Waals surface area contributed by atoms with Crippen molar-refractivity contribution in [1.82, 2.24) is 4.90 Å². The summed E-state index contributed by atoms with van der Waals surface area (Å²) < 4.78 is 53.7. The van der Waals surface area contributed by atoms with Crippen molar-refractivity contribution in [3.63, 3.8) is 0 Å². The van der Waals surface area contributed by atoms with Gasteiger partial charge >= 0.3 is 6.18 Å². The van der Waals surface area contributed by atoms with Gasteiger partial charge in [0.15, 0.2) is 0 Å². The van der Waals surface area contributed by atoms with Crippen LogP contribution in [-0.4, -0.2) is 41.0 Å². The van der Waals surface area contributed by atoms with Gasteiger partial charge in [-0.2, -0.15) is 13.2 Å². The van der Waals surface area contributed by atoms with Crippen LogP contribution in [-0.2, 0) is 17.4 Å². The Kier molecular flexibility index (Phi) is 6.94. The second-order valence-corrected chi connectivity index (χ2v) is 7.48. The summed E-state index contributed by atoms with van der Waals surface area (Å²) in [6, 6.07) is 8.59. The molecule has 9 heteroatoms. The van der Waals surface area contributed by atoms with Crippen LogP contribution in [0.3, 0.4) is 0 Å². The van der Waals surface area contributed by atoms with E-state index in [0.29, 0.717) is 24.9 Å². The number of β-amino-alcohol motifs (C(OH)–C–C–N with tert-alkyl or cyclic N) is 1. The summed E-state index contributed by atoms with van der Waals surface area (Å²) in [4.78, 5) is 26.2. The number of nitrogens with zero attached hydrogens (tertiary/aromatic N) is 1. The Morgan fingerprint density at radius 1 is 1.16 bits per heavy atom. The summed E-state index contributed by atoms with van der Waals surface area (Å²) in [5.41, 5.74) is -1.15. The van der Waals surface area contributed by atoms with E-state index in [9.17, 15) is 32.3 Å². The van der Waals surface area contributed by atoms with Crippen molar-refractivity contribution in [1.29, 1.82) is 0 Å².